The molecule has 0 atom stereocenters. The molecule has 2 nitrogen and oxygen atoms in total. The van der Waals surface area contributed by atoms with Crippen molar-refractivity contribution in [2.45, 2.75) is 30.6 Å². The molecule has 1 amide bonds. The van der Waals surface area contributed by atoms with E-state index in [0.717, 1.165) is 23.5 Å². The third-order valence-corrected chi connectivity index (χ3v) is 5.29. The highest BCUT2D eigenvalue weighted by Gasteiger charge is 2.33. The van der Waals surface area contributed by atoms with Crippen molar-refractivity contribution in [1.29, 1.82) is 0 Å². The molecule has 2 aromatic rings. The maximum Gasteiger partial charge on any atom is 0.237 e. The van der Waals surface area contributed by atoms with E-state index in [0.29, 0.717) is 5.75 Å². The van der Waals surface area contributed by atoms with Crippen LogP contribution in [-0.4, -0.2) is 18.2 Å². The van der Waals surface area contributed by atoms with E-state index in [4.69, 9.17) is 0 Å². The van der Waals surface area contributed by atoms with E-state index in [2.05, 4.69) is 32.0 Å². The first kappa shape index (κ1) is 15.2. The minimum atomic E-state index is 0.139. The number of fused-ring (bicyclic) bond motifs is 1. The minimum absolute atomic E-state index is 0.139. The number of para-hydroxylation sites is 1. The molecular formula is C19H21NOS. The predicted octanol–water partition coefficient (Wildman–Crippen LogP) is 4.49. The smallest absolute Gasteiger partial charge is 0.237 e. The fourth-order valence-electron chi connectivity index (χ4n) is 2.93. The SMILES string of the molecule is CC1(C)CCN(C(=O)CSc2ccccc2)c2ccccc21. The highest BCUT2D eigenvalue weighted by molar-refractivity contribution is 8.00. The fraction of sp³-hybridized carbons (Fsp3) is 0.316. The second-order valence-corrected chi connectivity index (χ2v) is 7.35. The molecule has 22 heavy (non-hydrogen) atoms. The molecule has 1 aliphatic heterocycles. The maximum atomic E-state index is 12.7. The summed E-state index contributed by atoms with van der Waals surface area (Å²) >= 11 is 1.61. The Morgan fingerprint density at radius 1 is 1.09 bits per heavy atom. The van der Waals surface area contributed by atoms with E-state index in [-0.39, 0.29) is 11.3 Å². The Labute approximate surface area is 136 Å². The zero-order valence-electron chi connectivity index (χ0n) is 13.1. The minimum Gasteiger partial charge on any atom is -0.311 e. The molecule has 0 spiro atoms. The number of anilines is 1. The summed E-state index contributed by atoms with van der Waals surface area (Å²) in [7, 11) is 0. The second kappa shape index (κ2) is 6.17. The first-order valence-electron chi connectivity index (χ1n) is 7.66. The van der Waals surface area contributed by atoms with Gasteiger partial charge in [0.05, 0.1) is 5.75 Å². The number of nitrogens with zero attached hydrogens (tertiary/aromatic N) is 1. The Bertz CT molecular complexity index is 666. The molecule has 0 aromatic heterocycles. The van der Waals surface area contributed by atoms with E-state index in [1.807, 2.05) is 41.3 Å². The van der Waals surface area contributed by atoms with Crippen LogP contribution in [0.2, 0.25) is 0 Å². The molecule has 114 valence electrons. The van der Waals surface area contributed by atoms with Crippen LogP contribution in [-0.2, 0) is 10.2 Å². The fourth-order valence-corrected chi connectivity index (χ4v) is 3.72. The first-order chi connectivity index (χ1) is 10.6. The van der Waals surface area contributed by atoms with E-state index >= 15 is 0 Å². The summed E-state index contributed by atoms with van der Waals surface area (Å²) in [4.78, 5) is 15.7. The molecule has 1 aliphatic rings. The Hall–Kier alpha value is -1.74. The normalized spacial score (nSPS) is 16.2. The Balaban J connectivity index is 1.76. The Morgan fingerprint density at radius 3 is 2.55 bits per heavy atom. The zero-order chi connectivity index (χ0) is 15.6. The summed E-state index contributed by atoms with van der Waals surface area (Å²) in [6.07, 6.45) is 1.01. The quantitative estimate of drug-likeness (QED) is 0.778. The van der Waals surface area contributed by atoms with Gasteiger partial charge in [0.15, 0.2) is 0 Å². The molecule has 3 rings (SSSR count). The van der Waals surface area contributed by atoms with Crippen LogP contribution in [0.1, 0.15) is 25.8 Å². The number of carbonyl (C=O) groups excluding carboxylic acids is 1. The largest absolute Gasteiger partial charge is 0.311 e. The topological polar surface area (TPSA) is 20.3 Å². The van der Waals surface area contributed by atoms with Gasteiger partial charge in [-0.15, -0.1) is 11.8 Å². The highest BCUT2D eigenvalue weighted by Crippen LogP contribution is 2.39. The average molecular weight is 311 g/mol. The van der Waals surface area contributed by atoms with Crippen molar-refractivity contribution >= 4 is 23.4 Å². The molecule has 0 saturated carbocycles. The van der Waals surface area contributed by atoms with Crippen molar-refractivity contribution in [2.75, 3.05) is 17.2 Å². The highest BCUT2D eigenvalue weighted by atomic mass is 32.2. The van der Waals surface area contributed by atoms with Crippen molar-refractivity contribution in [2.24, 2.45) is 0 Å². The van der Waals surface area contributed by atoms with Gasteiger partial charge in [-0.25, -0.2) is 0 Å². The van der Waals surface area contributed by atoms with Crippen LogP contribution >= 0.6 is 11.8 Å². The van der Waals surface area contributed by atoms with Gasteiger partial charge in [0.2, 0.25) is 5.91 Å². The Morgan fingerprint density at radius 2 is 1.77 bits per heavy atom. The lowest BCUT2D eigenvalue weighted by molar-refractivity contribution is -0.116. The molecule has 0 unspecified atom stereocenters. The van der Waals surface area contributed by atoms with Gasteiger partial charge in [0, 0.05) is 17.1 Å². The molecule has 0 fully saturated rings. The molecule has 0 N–H and O–H groups in total. The summed E-state index contributed by atoms with van der Waals surface area (Å²) in [6, 6.07) is 18.4. The van der Waals surface area contributed by atoms with Crippen LogP contribution in [0.3, 0.4) is 0 Å². The van der Waals surface area contributed by atoms with Crippen molar-refractivity contribution in [3.8, 4) is 0 Å². The number of hydrogen-bond donors (Lipinski definition) is 0. The molecule has 3 heteroatoms. The summed E-state index contributed by atoms with van der Waals surface area (Å²) in [5.41, 5.74) is 2.50. The van der Waals surface area contributed by atoms with Gasteiger partial charge in [-0.05, 0) is 35.6 Å². The van der Waals surface area contributed by atoms with Gasteiger partial charge in [0.25, 0.3) is 0 Å². The van der Waals surface area contributed by atoms with Crippen LogP contribution in [0.25, 0.3) is 0 Å². The molecule has 0 aliphatic carbocycles. The monoisotopic (exact) mass is 311 g/mol. The summed E-state index contributed by atoms with van der Waals surface area (Å²) < 4.78 is 0. The number of amides is 1. The number of hydrogen-bond acceptors (Lipinski definition) is 2. The van der Waals surface area contributed by atoms with Crippen molar-refractivity contribution in [3.05, 3.63) is 60.2 Å². The summed E-state index contributed by atoms with van der Waals surface area (Å²) in [5.74, 6) is 0.676. The average Bonchev–Trinajstić information content (AvgIpc) is 2.54. The van der Waals surface area contributed by atoms with Crippen molar-refractivity contribution in [1.82, 2.24) is 0 Å². The number of rotatable bonds is 3. The third kappa shape index (κ3) is 3.05. The Kier molecular flexibility index (Phi) is 4.25. The van der Waals surface area contributed by atoms with Crippen LogP contribution in [0.5, 0.6) is 0 Å². The molecule has 1 heterocycles. The summed E-state index contributed by atoms with van der Waals surface area (Å²) in [6.45, 7) is 5.32. The summed E-state index contributed by atoms with van der Waals surface area (Å²) in [5, 5.41) is 0. The van der Waals surface area contributed by atoms with Crippen LogP contribution < -0.4 is 4.90 Å². The van der Waals surface area contributed by atoms with Gasteiger partial charge in [-0.2, -0.15) is 0 Å². The van der Waals surface area contributed by atoms with Crippen molar-refractivity contribution < 1.29 is 4.79 Å². The number of carbonyl (C=O) groups is 1. The van der Waals surface area contributed by atoms with Gasteiger partial charge < -0.3 is 4.90 Å². The lowest BCUT2D eigenvalue weighted by Crippen LogP contribution is -2.41. The molecule has 2 aromatic carbocycles. The third-order valence-electron chi connectivity index (χ3n) is 4.29. The van der Waals surface area contributed by atoms with Gasteiger partial charge in [-0.3, -0.25) is 4.79 Å². The second-order valence-electron chi connectivity index (χ2n) is 6.30. The van der Waals surface area contributed by atoms with Crippen LogP contribution in [0.15, 0.2) is 59.5 Å². The molecule has 0 radical (unpaired) electrons. The van der Waals surface area contributed by atoms with Crippen molar-refractivity contribution in [3.63, 3.8) is 0 Å². The molecule has 0 bridgehead atoms. The van der Waals surface area contributed by atoms with E-state index < -0.39 is 0 Å². The molecule has 0 saturated heterocycles. The van der Waals surface area contributed by atoms with E-state index in [1.165, 1.54) is 5.56 Å². The lowest BCUT2D eigenvalue weighted by atomic mass is 9.78. The van der Waals surface area contributed by atoms with E-state index in [9.17, 15) is 4.79 Å². The number of thioether (sulfide) groups is 1. The number of benzene rings is 2. The van der Waals surface area contributed by atoms with Crippen LogP contribution in [0, 0.1) is 0 Å². The maximum absolute atomic E-state index is 12.7. The lowest BCUT2D eigenvalue weighted by Gasteiger charge is -2.39. The van der Waals surface area contributed by atoms with Gasteiger partial charge in [-0.1, -0.05) is 50.2 Å². The van der Waals surface area contributed by atoms with Gasteiger partial charge >= 0.3 is 0 Å². The zero-order valence-corrected chi connectivity index (χ0v) is 13.9. The van der Waals surface area contributed by atoms with Crippen LogP contribution in [0.4, 0.5) is 5.69 Å². The standard InChI is InChI=1S/C19H21NOS/c1-19(2)12-13-20(17-11-7-6-10-16(17)19)18(21)14-22-15-8-4-3-5-9-15/h3-11H,12-14H2,1-2H3. The van der Waals surface area contributed by atoms with E-state index in [1.54, 1.807) is 11.8 Å². The molecular weight excluding hydrogens is 290 g/mol. The first-order valence-corrected chi connectivity index (χ1v) is 8.64. The van der Waals surface area contributed by atoms with Gasteiger partial charge in [0.1, 0.15) is 0 Å². The predicted molar refractivity (Wildman–Crippen MR) is 93.6 cm³/mol.